The molecular weight excluding hydrogens is 320 g/mol. The van der Waals surface area contributed by atoms with Crippen LogP contribution in [0.2, 0.25) is 0 Å². The molecule has 0 unspecified atom stereocenters. The Bertz CT molecular complexity index is 576. The van der Waals surface area contributed by atoms with Gasteiger partial charge in [0.2, 0.25) is 0 Å². The SMILES string of the molecule is COc1cc(CSSCc2ccc(O)c(OC)c2)ccc1O. The average molecular weight is 338 g/mol. The van der Waals surface area contributed by atoms with Crippen molar-refractivity contribution in [3.63, 3.8) is 0 Å². The van der Waals surface area contributed by atoms with E-state index >= 15 is 0 Å². The fourth-order valence-electron chi connectivity index (χ4n) is 1.84. The maximum atomic E-state index is 9.56. The quantitative estimate of drug-likeness (QED) is 0.583. The standard InChI is InChI=1S/C16H18O4S2/c1-19-15-7-11(3-5-13(15)17)9-21-22-10-12-4-6-14(18)16(8-12)20-2/h3-8,17-18H,9-10H2,1-2H3. The lowest BCUT2D eigenvalue weighted by molar-refractivity contribution is 0.373. The first-order valence-corrected chi connectivity index (χ1v) is 9.09. The maximum absolute atomic E-state index is 9.56. The number of methoxy groups -OCH3 is 2. The Morgan fingerprint density at radius 1 is 0.773 bits per heavy atom. The van der Waals surface area contributed by atoms with Crippen molar-refractivity contribution in [2.75, 3.05) is 14.2 Å². The molecule has 0 saturated heterocycles. The summed E-state index contributed by atoms with van der Waals surface area (Å²) in [5, 5.41) is 19.1. The van der Waals surface area contributed by atoms with Gasteiger partial charge in [-0.25, -0.2) is 0 Å². The van der Waals surface area contributed by atoms with Crippen LogP contribution in [0.15, 0.2) is 36.4 Å². The molecule has 0 aromatic heterocycles. The summed E-state index contributed by atoms with van der Waals surface area (Å²) in [6.45, 7) is 0. The second kappa shape index (κ2) is 8.10. The first-order chi connectivity index (χ1) is 10.6. The van der Waals surface area contributed by atoms with Gasteiger partial charge in [-0.15, -0.1) is 0 Å². The Labute approximate surface area is 137 Å². The summed E-state index contributed by atoms with van der Waals surface area (Å²) in [6, 6.07) is 10.7. The van der Waals surface area contributed by atoms with Crippen LogP contribution < -0.4 is 9.47 Å². The zero-order chi connectivity index (χ0) is 15.9. The van der Waals surface area contributed by atoms with Gasteiger partial charge in [0.1, 0.15) is 0 Å². The van der Waals surface area contributed by atoms with Gasteiger partial charge in [0, 0.05) is 11.5 Å². The Kier molecular flexibility index (Phi) is 6.15. The van der Waals surface area contributed by atoms with Crippen LogP contribution in [0, 0.1) is 0 Å². The molecule has 22 heavy (non-hydrogen) atoms. The van der Waals surface area contributed by atoms with Gasteiger partial charge in [-0.05, 0) is 35.4 Å². The lowest BCUT2D eigenvalue weighted by atomic mass is 10.2. The highest BCUT2D eigenvalue weighted by atomic mass is 33.1. The van der Waals surface area contributed by atoms with E-state index in [2.05, 4.69) is 0 Å². The number of ether oxygens (including phenoxy) is 2. The normalized spacial score (nSPS) is 10.5. The van der Waals surface area contributed by atoms with Crippen molar-refractivity contribution in [3.8, 4) is 23.0 Å². The Morgan fingerprint density at radius 2 is 1.18 bits per heavy atom. The molecule has 0 bridgehead atoms. The van der Waals surface area contributed by atoms with Crippen molar-refractivity contribution in [2.24, 2.45) is 0 Å². The van der Waals surface area contributed by atoms with E-state index < -0.39 is 0 Å². The van der Waals surface area contributed by atoms with Crippen molar-refractivity contribution < 1.29 is 19.7 Å². The number of phenols is 2. The molecule has 0 spiro atoms. The summed E-state index contributed by atoms with van der Waals surface area (Å²) in [5.74, 6) is 2.92. The molecule has 6 heteroatoms. The number of rotatable bonds is 7. The highest BCUT2D eigenvalue weighted by Crippen LogP contribution is 2.34. The molecule has 2 N–H and O–H groups in total. The first kappa shape index (κ1) is 16.7. The highest BCUT2D eigenvalue weighted by molar-refractivity contribution is 8.76. The highest BCUT2D eigenvalue weighted by Gasteiger charge is 2.05. The van der Waals surface area contributed by atoms with Crippen molar-refractivity contribution in [1.82, 2.24) is 0 Å². The van der Waals surface area contributed by atoms with Crippen LogP contribution >= 0.6 is 21.6 Å². The zero-order valence-electron chi connectivity index (χ0n) is 12.4. The fourth-order valence-corrected chi connectivity index (χ4v) is 3.96. The Hall–Kier alpha value is -1.66. The molecule has 2 aromatic rings. The second-order valence-electron chi connectivity index (χ2n) is 4.54. The topological polar surface area (TPSA) is 58.9 Å². The molecular formula is C16H18O4S2. The number of hydrogen-bond acceptors (Lipinski definition) is 6. The van der Waals surface area contributed by atoms with Gasteiger partial charge in [0.05, 0.1) is 14.2 Å². The van der Waals surface area contributed by atoms with Crippen LogP contribution in [0.4, 0.5) is 0 Å². The van der Waals surface area contributed by atoms with Crippen molar-refractivity contribution >= 4 is 21.6 Å². The minimum atomic E-state index is 0.153. The Balaban J connectivity index is 1.84. The molecule has 0 aliphatic heterocycles. The summed E-state index contributed by atoms with van der Waals surface area (Å²) >= 11 is 0. The van der Waals surface area contributed by atoms with Gasteiger partial charge >= 0.3 is 0 Å². The molecule has 118 valence electrons. The molecule has 4 nitrogen and oxygen atoms in total. The predicted octanol–water partition coefficient (Wildman–Crippen LogP) is 4.20. The Morgan fingerprint density at radius 3 is 1.55 bits per heavy atom. The number of aromatic hydroxyl groups is 2. The van der Waals surface area contributed by atoms with E-state index in [9.17, 15) is 10.2 Å². The molecule has 2 aromatic carbocycles. The third-order valence-electron chi connectivity index (χ3n) is 3.02. The summed E-state index contributed by atoms with van der Waals surface area (Å²) < 4.78 is 10.2. The van der Waals surface area contributed by atoms with Gasteiger partial charge in [-0.1, -0.05) is 33.7 Å². The van der Waals surface area contributed by atoms with E-state index in [4.69, 9.17) is 9.47 Å². The fraction of sp³-hybridized carbons (Fsp3) is 0.250. The molecule has 0 aliphatic carbocycles. The molecule has 0 amide bonds. The van der Waals surface area contributed by atoms with Crippen LogP contribution in [-0.2, 0) is 11.5 Å². The smallest absolute Gasteiger partial charge is 0.160 e. The van der Waals surface area contributed by atoms with E-state index in [0.29, 0.717) is 11.5 Å². The third-order valence-corrected chi connectivity index (χ3v) is 5.30. The molecule has 0 radical (unpaired) electrons. The van der Waals surface area contributed by atoms with Gasteiger partial charge in [-0.2, -0.15) is 0 Å². The van der Waals surface area contributed by atoms with Crippen molar-refractivity contribution in [3.05, 3.63) is 47.5 Å². The molecule has 0 fully saturated rings. The second-order valence-corrected chi connectivity index (χ2v) is 7.00. The first-order valence-electron chi connectivity index (χ1n) is 6.60. The van der Waals surface area contributed by atoms with E-state index in [1.807, 2.05) is 24.3 Å². The van der Waals surface area contributed by atoms with Gasteiger partial charge < -0.3 is 19.7 Å². The molecule has 0 saturated carbocycles. The minimum Gasteiger partial charge on any atom is -0.504 e. The number of phenolic OH excluding ortho intramolecular Hbond substituents is 2. The van der Waals surface area contributed by atoms with Gasteiger partial charge in [-0.3, -0.25) is 0 Å². The van der Waals surface area contributed by atoms with E-state index in [0.717, 1.165) is 22.6 Å². The van der Waals surface area contributed by atoms with E-state index in [1.54, 1.807) is 47.9 Å². The lowest BCUT2D eigenvalue weighted by Crippen LogP contribution is -1.87. The predicted molar refractivity (Wildman–Crippen MR) is 91.9 cm³/mol. The molecule has 0 atom stereocenters. The summed E-state index contributed by atoms with van der Waals surface area (Å²) in [6.07, 6.45) is 0. The minimum absolute atomic E-state index is 0.153. The molecule has 0 aliphatic rings. The largest absolute Gasteiger partial charge is 0.504 e. The van der Waals surface area contributed by atoms with Crippen LogP contribution in [-0.4, -0.2) is 24.4 Å². The molecule has 0 heterocycles. The van der Waals surface area contributed by atoms with Crippen LogP contribution in [0.25, 0.3) is 0 Å². The number of hydrogen-bond donors (Lipinski definition) is 2. The van der Waals surface area contributed by atoms with Gasteiger partial charge in [0.15, 0.2) is 23.0 Å². The van der Waals surface area contributed by atoms with Crippen LogP contribution in [0.1, 0.15) is 11.1 Å². The van der Waals surface area contributed by atoms with Gasteiger partial charge in [0.25, 0.3) is 0 Å². The monoisotopic (exact) mass is 338 g/mol. The maximum Gasteiger partial charge on any atom is 0.160 e. The van der Waals surface area contributed by atoms with Crippen LogP contribution in [0.3, 0.4) is 0 Å². The van der Waals surface area contributed by atoms with E-state index in [1.165, 1.54) is 0 Å². The summed E-state index contributed by atoms with van der Waals surface area (Å²) in [4.78, 5) is 0. The molecule has 2 rings (SSSR count). The number of benzene rings is 2. The van der Waals surface area contributed by atoms with Crippen molar-refractivity contribution in [2.45, 2.75) is 11.5 Å². The third kappa shape index (κ3) is 4.42. The summed E-state index contributed by atoms with van der Waals surface area (Å²) in [5.41, 5.74) is 2.19. The summed E-state index contributed by atoms with van der Waals surface area (Å²) in [7, 11) is 6.52. The van der Waals surface area contributed by atoms with Crippen LogP contribution in [0.5, 0.6) is 23.0 Å². The van der Waals surface area contributed by atoms with Crippen molar-refractivity contribution in [1.29, 1.82) is 0 Å². The van der Waals surface area contributed by atoms with E-state index in [-0.39, 0.29) is 11.5 Å². The lowest BCUT2D eigenvalue weighted by Gasteiger charge is -2.07. The average Bonchev–Trinajstić information content (AvgIpc) is 2.54. The zero-order valence-corrected chi connectivity index (χ0v) is 14.0.